The fraction of sp³-hybridized carbons (Fsp3) is 0.267. The van der Waals surface area contributed by atoms with Crippen molar-refractivity contribution >= 4 is 34.2 Å². The van der Waals surface area contributed by atoms with Crippen molar-refractivity contribution in [3.8, 4) is 22.9 Å². The summed E-state index contributed by atoms with van der Waals surface area (Å²) >= 11 is 6.52. The van der Waals surface area contributed by atoms with E-state index in [2.05, 4.69) is 21.5 Å². The number of amides is 1. The van der Waals surface area contributed by atoms with E-state index in [1.54, 1.807) is 4.90 Å². The van der Waals surface area contributed by atoms with Gasteiger partial charge in [-0.15, -0.1) is 0 Å². The maximum Gasteiger partial charge on any atom is 0.319 e. The molecule has 12 heteroatoms. The molecule has 4 aromatic rings. The molecule has 1 N–H and O–H groups in total. The number of rotatable bonds is 7. The highest BCUT2D eigenvalue weighted by molar-refractivity contribution is 6.34. The van der Waals surface area contributed by atoms with Crippen molar-refractivity contribution in [1.82, 2.24) is 19.9 Å². The molecule has 1 aliphatic heterocycles. The summed E-state index contributed by atoms with van der Waals surface area (Å²) in [4.78, 5) is 28.8. The third kappa shape index (κ3) is 5.44. The van der Waals surface area contributed by atoms with E-state index >= 15 is 4.39 Å². The lowest BCUT2D eigenvalue weighted by atomic mass is 10.0. The second-order valence-corrected chi connectivity index (χ2v) is 10.4. The molecular weight excluding hydrogens is 571 g/mol. The van der Waals surface area contributed by atoms with E-state index in [0.717, 1.165) is 6.07 Å². The number of carbonyl (C=O) groups excluding carboxylic acids is 1. The van der Waals surface area contributed by atoms with Gasteiger partial charge in [-0.2, -0.15) is 9.97 Å². The van der Waals surface area contributed by atoms with Crippen LogP contribution in [0.4, 0.5) is 19.0 Å². The number of phenolic OH excluding ortho intramolecular Hbond substituents is 1. The zero-order valence-corrected chi connectivity index (χ0v) is 23.6. The van der Waals surface area contributed by atoms with Crippen LogP contribution in [0.25, 0.3) is 22.0 Å². The highest BCUT2D eigenvalue weighted by atomic mass is 35.5. The Morgan fingerprint density at radius 2 is 1.88 bits per heavy atom. The van der Waals surface area contributed by atoms with Crippen LogP contribution in [0.1, 0.15) is 19.5 Å². The molecule has 0 saturated carbocycles. The first-order valence-electron chi connectivity index (χ1n) is 13.2. The van der Waals surface area contributed by atoms with Gasteiger partial charge in [0.05, 0.1) is 22.9 Å². The summed E-state index contributed by atoms with van der Waals surface area (Å²) < 4.78 is 50.9. The zero-order valence-electron chi connectivity index (χ0n) is 22.8. The first kappa shape index (κ1) is 29.1. The Kier molecular flexibility index (Phi) is 8.22. The number of halogens is 4. The van der Waals surface area contributed by atoms with Gasteiger partial charge in [0.1, 0.15) is 28.7 Å². The van der Waals surface area contributed by atoms with E-state index in [1.165, 1.54) is 42.6 Å². The number of hydrogen-bond donors (Lipinski definition) is 1. The van der Waals surface area contributed by atoms with Crippen LogP contribution in [-0.2, 0) is 11.2 Å². The summed E-state index contributed by atoms with van der Waals surface area (Å²) in [5.74, 6) is -2.77. The fourth-order valence-electron chi connectivity index (χ4n) is 5.12. The van der Waals surface area contributed by atoms with E-state index in [4.69, 9.17) is 16.3 Å². The Hall–Kier alpha value is -4.38. The SMILES string of the molecule is C=CC(=O)N1C[C@H](C)N(c2nc(OCCc3ncccc3F)nc3c(F)c(-c4c(O)cccc4F)c(Cl)cc23)C[C@H]1C. The van der Waals surface area contributed by atoms with Crippen molar-refractivity contribution in [3.63, 3.8) is 0 Å². The third-order valence-corrected chi connectivity index (χ3v) is 7.50. The van der Waals surface area contributed by atoms with Crippen molar-refractivity contribution in [1.29, 1.82) is 0 Å². The normalized spacial score (nSPS) is 17.0. The fourth-order valence-corrected chi connectivity index (χ4v) is 5.41. The maximum atomic E-state index is 16.3. The highest BCUT2D eigenvalue weighted by Gasteiger charge is 2.34. The predicted octanol–water partition coefficient (Wildman–Crippen LogP) is 5.70. The van der Waals surface area contributed by atoms with Crippen LogP contribution < -0.4 is 9.64 Å². The number of piperazine rings is 1. The smallest absolute Gasteiger partial charge is 0.319 e. The van der Waals surface area contributed by atoms with Crippen LogP contribution in [0.3, 0.4) is 0 Å². The lowest BCUT2D eigenvalue weighted by Crippen LogP contribution is -2.58. The highest BCUT2D eigenvalue weighted by Crippen LogP contribution is 2.43. The van der Waals surface area contributed by atoms with Gasteiger partial charge >= 0.3 is 6.01 Å². The van der Waals surface area contributed by atoms with Crippen molar-refractivity contribution in [3.05, 3.63) is 83.4 Å². The molecule has 0 radical (unpaired) electrons. The molecule has 1 aliphatic rings. The van der Waals surface area contributed by atoms with Gasteiger partial charge in [0, 0.05) is 48.7 Å². The van der Waals surface area contributed by atoms with Gasteiger partial charge in [0.2, 0.25) is 5.91 Å². The number of ether oxygens (including phenoxy) is 1. The standard InChI is InChI=1S/C30H27ClF3N5O3/c1-4-24(41)38-14-17(3)39(15-16(38)2)29-18-13-19(31)25(26-21(33)7-5-9-23(26)40)27(34)28(18)36-30(37-29)42-12-10-22-20(32)8-6-11-35-22/h4-9,11,13,16-17,40H,1,10,12,14-15H2,2-3H3/t16-,17+/m1/s1. The maximum absolute atomic E-state index is 16.3. The average molecular weight is 598 g/mol. The lowest BCUT2D eigenvalue weighted by molar-refractivity contribution is -0.128. The van der Waals surface area contributed by atoms with Crippen LogP contribution in [0, 0.1) is 17.5 Å². The summed E-state index contributed by atoms with van der Waals surface area (Å²) in [6, 6.07) is 7.05. The van der Waals surface area contributed by atoms with E-state index in [9.17, 15) is 18.7 Å². The number of pyridine rings is 1. The summed E-state index contributed by atoms with van der Waals surface area (Å²) in [5.41, 5.74) is -0.813. The van der Waals surface area contributed by atoms with E-state index in [-0.39, 0.29) is 70.0 Å². The van der Waals surface area contributed by atoms with E-state index < -0.39 is 28.8 Å². The molecular formula is C30H27ClF3N5O3. The van der Waals surface area contributed by atoms with Crippen molar-refractivity contribution in [2.24, 2.45) is 0 Å². The number of carbonyl (C=O) groups is 1. The number of fused-ring (bicyclic) bond motifs is 1. The Morgan fingerprint density at radius 1 is 1.12 bits per heavy atom. The van der Waals surface area contributed by atoms with Crippen LogP contribution in [0.5, 0.6) is 11.8 Å². The van der Waals surface area contributed by atoms with Crippen LogP contribution in [0.15, 0.2) is 55.3 Å². The first-order chi connectivity index (χ1) is 20.1. The summed E-state index contributed by atoms with van der Waals surface area (Å²) in [6.45, 7) is 7.94. The summed E-state index contributed by atoms with van der Waals surface area (Å²) in [5, 5.41) is 10.4. The molecule has 0 spiro atoms. The lowest BCUT2D eigenvalue weighted by Gasteiger charge is -2.44. The molecule has 0 bridgehead atoms. The molecule has 8 nitrogen and oxygen atoms in total. The van der Waals surface area contributed by atoms with Crippen LogP contribution >= 0.6 is 11.6 Å². The van der Waals surface area contributed by atoms with Gasteiger partial charge in [-0.3, -0.25) is 9.78 Å². The minimum absolute atomic E-state index is 0.0668. The number of aromatic nitrogens is 3. The first-order valence-corrected chi connectivity index (χ1v) is 13.6. The van der Waals surface area contributed by atoms with Crippen molar-refractivity contribution < 1.29 is 27.8 Å². The molecule has 218 valence electrons. The van der Waals surface area contributed by atoms with Gasteiger partial charge in [-0.05, 0) is 50.3 Å². The number of phenols is 1. The number of hydrogen-bond acceptors (Lipinski definition) is 7. The topological polar surface area (TPSA) is 91.7 Å². The monoisotopic (exact) mass is 597 g/mol. The summed E-state index contributed by atoms with van der Waals surface area (Å²) in [7, 11) is 0. The Balaban J connectivity index is 1.62. The number of benzene rings is 2. The van der Waals surface area contributed by atoms with Crippen LogP contribution in [-0.4, -0.2) is 62.6 Å². The quantitative estimate of drug-likeness (QED) is 0.273. The second kappa shape index (κ2) is 11.8. The molecule has 2 atom stereocenters. The number of nitrogens with zero attached hydrogens (tertiary/aromatic N) is 5. The molecule has 42 heavy (non-hydrogen) atoms. The Morgan fingerprint density at radius 3 is 2.60 bits per heavy atom. The average Bonchev–Trinajstić information content (AvgIpc) is 2.96. The Bertz CT molecular complexity index is 1670. The molecule has 1 saturated heterocycles. The molecule has 3 heterocycles. The van der Waals surface area contributed by atoms with E-state index in [1.807, 2.05) is 18.7 Å². The van der Waals surface area contributed by atoms with Gasteiger partial charge in [-0.1, -0.05) is 24.2 Å². The third-order valence-electron chi connectivity index (χ3n) is 7.20. The van der Waals surface area contributed by atoms with Gasteiger partial charge in [0.25, 0.3) is 0 Å². The predicted molar refractivity (Wildman–Crippen MR) is 153 cm³/mol. The second-order valence-electron chi connectivity index (χ2n) is 9.98. The molecule has 2 aromatic heterocycles. The number of anilines is 1. The van der Waals surface area contributed by atoms with Crippen LogP contribution in [0.2, 0.25) is 5.02 Å². The summed E-state index contributed by atoms with van der Waals surface area (Å²) in [6.07, 6.45) is 2.81. The van der Waals surface area contributed by atoms with E-state index in [0.29, 0.717) is 13.1 Å². The van der Waals surface area contributed by atoms with Gasteiger partial charge in [-0.25, -0.2) is 13.2 Å². The molecule has 1 fully saturated rings. The van der Waals surface area contributed by atoms with Crippen molar-refractivity contribution in [2.75, 3.05) is 24.6 Å². The minimum atomic E-state index is -0.983. The largest absolute Gasteiger partial charge is 0.507 e. The molecule has 0 aliphatic carbocycles. The number of aromatic hydroxyl groups is 1. The Labute approximate surface area is 245 Å². The van der Waals surface area contributed by atoms with Gasteiger partial charge < -0.3 is 19.6 Å². The minimum Gasteiger partial charge on any atom is -0.507 e. The molecule has 5 rings (SSSR count). The molecule has 1 amide bonds. The molecule has 2 aromatic carbocycles. The van der Waals surface area contributed by atoms with Crippen molar-refractivity contribution in [2.45, 2.75) is 32.4 Å². The zero-order chi connectivity index (χ0) is 30.1. The van der Waals surface area contributed by atoms with Gasteiger partial charge in [0.15, 0.2) is 5.82 Å². The molecule has 0 unspecified atom stereocenters.